The highest BCUT2D eigenvalue weighted by Gasteiger charge is 2.17. The number of likely N-dealkylation sites (tertiary alicyclic amines) is 1. The van der Waals surface area contributed by atoms with Crippen molar-refractivity contribution in [3.63, 3.8) is 0 Å². The molecular weight excluding hydrogens is 176 g/mol. The van der Waals surface area contributed by atoms with Crippen LogP contribution in [0, 0.1) is 0 Å². The molecule has 1 atom stereocenters. The molecule has 5 heteroatoms. The summed E-state index contributed by atoms with van der Waals surface area (Å²) in [5, 5.41) is 11.6. The van der Waals surface area contributed by atoms with E-state index in [0.29, 0.717) is 5.75 Å². The second-order valence-electron chi connectivity index (χ2n) is 2.97. The monoisotopic (exact) mass is 190 g/mol. The van der Waals surface area contributed by atoms with Gasteiger partial charge in [-0.05, 0) is 0 Å². The van der Waals surface area contributed by atoms with Gasteiger partial charge in [0.25, 0.3) is 0 Å². The van der Waals surface area contributed by atoms with Crippen LogP contribution in [0.1, 0.15) is 6.42 Å². The maximum absolute atomic E-state index is 10.8. The zero-order valence-corrected chi connectivity index (χ0v) is 8.01. The normalized spacial score (nSPS) is 24.9. The molecular formula is C7H14N2O2S. The van der Waals surface area contributed by atoms with E-state index in [9.17, 15) is 4.21 Å². The van der Waals surface area contributed by atoms with E-state index < -0.39 is 10.8 Å². The van der Waals surface area contributed by atoms with Crippen LogP contribution in [0.2, 0.25) is 0 Å². The summed E-state index contributed by atoms with van der Waals surface area (Å²) in [5.74, 6) is 0.707. The molecule has 0 aromatic rings. The fourth-order valence-corrected chi connectivity index (χ4v) is 1.75. The Bertz CT molecular complexity index is 206. The van der Waals surface area contributed by atoms with Crippen molar-refractivity contribution >= 4 is 16.5 Å². The Balaban J connectivity index is 2.24. The lowest BCUT2D eigenvalue weighted by atomic mass is 10.3. The van der Waals surface area contributed by atoms with E-state index in [-0.39, 0.29) is 0 Å². The zero-order valence-electron chi connectivity index (χ0n) is 7.19. The van der Waals surface area contributed by atoms with Crippen molar-refractivity contribution in [3.8, 4) is 0 Å². The van der Waals surface area contributed by atoms with Crippen molar-refractivity contribution in [1.29, 1.82) is 0 Å². The molecule has 0 bridgehead atoms. The molecule has 0 radical (unpaired) electrons. The molecule has 0 aromatic heterocycles. The molecule has 1 aliphatic rings. The van der Waals surface area contributed by atoms with Gasteiger partial charge < -0.3 is 5.21 Å². The number of oxime groups is 1. The summed E-state index contributed by atoms with van der Waals surface area (Å²) in [5.41, 5.74) is 0.830. The summed E-state index contributed by atoms with van der Waals surface area (Å²) >= 11 is 0. The van der Waals surface area contributed by atoms with Gasteiger partial charge in [0.1, 0.15) is 0 Å². The van der Waals surface area contributed by atoms with Crippen LogP contribution in [0.25, 0.3) is 0 Å². The first-order valence-corrected chi connectivity index (χ1v) is 5.67. The molecule has 0 saturated carbocycles. The molecule has 1 unspecified atom stereocenters. The quantitative estimate of drug-likeness (QED) is 0.499. The third kappa shape index (κ3) is 2.91. The van der Waals surface area contributed by atoms with E-state index >= 15 is 0 Å². The lowest BCUT2D eigenvalue weighted by molar-refractivity contribution is 0.315. The van der Waals surface area contributed by atoms with Gasteiger partial charge in [0.05, 0.1) is 5.71 Å². The first-order valence-electron chi connectivity index (χ1n) is 3.94. The number of rotatable bonds is 3. The molecule has 0 amide bonds. The number of hydrogen-bond acceptors (Lipinski definition) is 4. The van der Waals surface area contributed by atoms with Crippen molar-refractivity contribution in [2.45, 2.75) is 6.42 Å². The van der Waals surface area contributed by atoms with Gasteiger partial charge in [0.15, 0.2) is 0 Å². The number of nitrogens with zero attached hydrogens (tertiary/aromatic N) is 2. The summed E-state index contributed by atoms with van der Waals surface area (Å²) in [6.07, 6.45) is 2.55. The van der Waals surface area contributed by atoms with E-state index in [2.05, 4.69) is 10.1 Å². The Morgan fingerprint density at radius 2 is 2.50 bits per heavy atom. The fraction of sp³-hybridized carbons (Fsp3) is 0.857. The predicted molar refractivity (Wildman–Crippen MR) is 49.2 cm³/mol. The second kappa shape index (κ2) is 4.57. The van der Waals surface area contributed by atoms with Crippen LogP contribution < -0.4 is 0 Å². The van der Waals surface area contributed by atoms with Crippen molar-refractivity contribution < 1.29 is 9.42 Å². The molecule has 0 aliphatic carbocycles. The molecule has 12 heavy (non-hydrogen) atoms. The van der Waals surface area contributed by atoms with Crippen molar-refractivity contribution in [3.05, 3.63) is 0 Å². The number of hydrogen-bond donors (Lipinski definition) is 1. The highest BCUT2D eigenvalue weighted by atomic mass is 32.2. The standard InChI is InChI=1S/C7H14N2O2S/c1-12(11)5-4-9-3-2-7(6-9)8-10/h10H,2-6H2,1H3/b8-7-. The van der Waals surface area contributed by atoms with Gasteiger partial charge in [-0.3, -0.25) is 9.11 Å². The zero-order chi connectivity index (χ0) is 8.97. The molecule has 1 fully saturated rings. The molecule has 1 saturated heterocycles. The lowest BCUT2D eigenvalue weighted by Crippen LogP contribution is -2.25. The highest BCUT2D eigenvalue weighted by molar-refractivity contribution is 7.84. The molecule has 1 N–H and O–H groups in total. The third-order valence-corrected chi connectivity index (χ3v) is 2.72. The van der Waals surface area contributed by atoms with Gasteiger partial charge in [0.2, 0.25) is 0 Å². The fourth-order valence-electron chi connectivity index (χ4n) is 1.23. The third-order valence-electron chi connectivity index (χ3n) is 1.96. The predicted octanol–water partition coefficient (Wildman–Crippen LogP) is -0.0992. The van der Waals surface area contributed by atoms with E-state index in [0.717, 1.165) is 31.8 Å². The minimum atomic E-state index is -0.719. The SMILES string of the molecule is CS(=O)CCN1CC/C(=N/O)C1. The summed E-state index contributed by atoms with van der Waals surface area (Å²) in [4.78, 5) is 2.15. The van der Waals surface area contributed by atoms with Crippen LogP contribution in [0.15, 0.2) is 5.16 Å². The van der Waals surface area contributed by atoms with Crippen LogP contribution in [0.4, 0.5) is 0 Å². The minimum Gasteiger partial charge on any atom is -0.411 e. The Morgan fingerprint density at radius 3 is 3.00 bits per heavy atom. The van der Waals surface area contributed by atoms with E-state index in [1.54, 1.807) is 6.26 Å². The average Bonchev–Trinajstić information content (AvgIpc) is 2.48. The summed E-state index contributed by atoms with van der Waals surface area (Å²) in [6.45, 7) is 2.49. The van der Waals surface area contributed by atoms with Crippen molar-refractivity contribution in [1.82, 2.24) is 4.90 Å². The topological polar surface area (TPSA) is 52.9 Å². The highest BCUT2D eigenvalue weighted by Crippen LogP contribution is 2.04. The van der Waals surface area contributed by atoms with Crippen LogP contribution in [-0.2, 0) is 10.8 Å². The first kappa shape index (κ1) is 9.67. The Kier molecular flexibility index (Phi) is 3.68. The van der Waals surface area contributed by atoms with Crippen LogP contribution in [0.5, 0.6) is 0 Å². The smallest absolute Gasteiger partial charge is 0.0723 e. The van der Waals surface area contributed by atoms with E-state index in [1.807, 2.05) is 0 Å². The van der Waals surface area contributed by atoms with Crippen molar-refractivity contribution in [2.24, 2.45) is 5.16 Å². The van der Waals surface area contributed by atoms with E-state index in [1.165, 1.54) is 0 Å². The Hall–Kier alpha value is -0.420. The molecule has 1 heterocycles. The van der Waals surface area contributed by atoms with Gasteiger partial charge in [-0.25, -0.2) is 0 Å². The van der Waals surface area contributed by atoms with Gasteiger partial charge >= 0.3 is 0 Å². The maximum atomic E-state index is 10.8. The Morgan fingerprint density at radius 1 is 1.75 bits per heavy atom. The Labute approximate surface area is 74.7 Å². The molecule has 0 aromatic carbocycles. The van der Waals surface area contributed by atoms with Crippen molar-refractivity contribution in [2.75, 3.05) is 31.6 Å². The largest absolute Gasteiger partial charge is 0.411 e. The minimum absolute atomic E-state index is 0.707. The molecule has 1 rings (SSSR count). The maximum Gasteiger partial charge on any atom is 0.0723 e. The van der Waals surface area contributed by atoms with Gasteiger partial charge in [-0.2, -0.15) is 0 Å². The van der Waals surface area contributed by atoms with Gasteiger partial charge in [0, 0.05) is 48.9 Å². The first-order chi connectivity index (χ1) is 5.72. The van der Waals surface area contributed by atoms with Gasteiger partial charge in [-0.1, -0.05) is 5.16 Å². The van der Waals surface area contributed by atoms with Crippen LogP contribution >= 0.6 is 0 Å². The van der Waals surface area contributed by atoms with Gasteiger partial charge in [-0.15, -0.1) is 0 Å². The second-order valence-corrected chi connectivity index (χ2v) is 4.52. The molecule has 0 spiro atoms. The molecule has 70 valence electrons. The van der Waals surface area contributed by atoms with E-state index in [4.69, 9.17) is 5.21 Å². The van der Waals surface area contributed by atoms with Crippen LogP contribution in [0.3, 0.4) is 0 Å². The summed E-state index contributed by atoms with van der Waals surface area (Å²) < 4.78 is 10.8. The molecule has 1 aliphatic heterocycles. The summed E-state index contributed by atoms with van der Waals surface area (Å²) in [6, 6.07) is 0. The lowest BCUT2D eigenvalue weighted by Gasteiger charge is -2.11. The molecule has 4 nitrogen and oxygen atoms in total. The average molecular weight is 190 g/mol. The summed E-state index contributed by atoms with van der Waals surface area (Å²) in [7, 11) is -0.719. The van der Waals surface area contributed by atoms with Crippen LogP contribution in [-0.4, -0.2) is 51.7 Å².